The number of rotatable bonds is 3. The summed E-state index contributed by atoms with van der Waals surface area (Å²) in [6.07, 6.45) is 3.60. The summed E-state index contributed by atoms with van der Waals surface area (Å²) in [4.78, 5) is 20.7. The third-order valence-corrected chi connectivity index (χ3v) is 4.83. The molecule has 1 saturated heterocycles. The van der Waals surface area contributed by atoms with Gasteiger partial charge in [0.2, 0.25) is 0 Å². The van der Waals surface area contributed by atoms with Crippen LogP contribution in [0.25, 0.3) is 0 Å². The van der Waals surface area contributed by atoms with Crippen LogP contribution in [0.4, 0.5) is 10.5 Å². The van der Waals surface area contributed by atoms with E-state index in [9.17, 15) is 4.79 Å². The summed E-state index contributed by atoms with van der Waals surface area (Å²) in [6.45, 7) is 5.13. The first-order valence-corrected chi connectivity index (χ1v) is 8.88. The van der Waals surface area contributed by atoms with Gasteiger partial charge in [0.15, 0.2) is 0 Å². The van der Waals surface area contributed by atoms with Gasteiger partial charge in [-0.05, 0) is 36.8 Å². The minimum Gasteiger partial charge on any atom is -0.368 e. The molecule has 2 aromatic rings. The standard InChI is InChI=1S/C18H21BrN4O/c1-14(15-2-4-16(19)5-3-15)21-18(24)23-12-10-22(11-13-23)17-6-8-20-9-7-17/h2-9,14H,10-13H2,1H3,(H,21,24)/t14-/m0/s1. The van der Waals surface area contributed by atoms with Gasteiger partial charge in [0.1, 0.15) is 0 Å². The minimum atomic E-state index is -0.0103. The zero-order chi connectivity index (χ0) is 16.9. The van der Waals surface area contributed by atoms with Gasteiger partial charge in [0.05, 0.1) is 6.04 Å². The van der Waals surface area contributed by atoms with Gasteiger partial charge in [-0.1, -0.05) is 28.1 Å². The largest absolute Gasteiger partial charge is 0.368 e. The molecule has 1 fully saturated rings. The molecule has 0 radical (unpaired) electrons. The van der Waals surface area contributed by atoms with Crippen molar-refractivity contribution in [2.24, 2.45) is 0 Å². The van der Waals surface area contributed by atoms with Gasteiger partial charge in [-0.15, -0.1) is 0 Å². The molecule has 1 N–H and O–H groups in total. The van der Waals surface area contributed by atoms with Gasteiger partial charge in [-0.2, -0.15) is 0 Å². The lowest BCUT2D eigenvalue weighted by Gasteiger charge is -2.36. The number of hydrogen-bond acceptors (Lipinski definition) is 3. The number of nitrogens with one attached hydrogen (secondary N) is 1. The second-order valence-electron chi connectivity index (χ2n) is 5.90. The number of halogens is 1. The van der Waals surface area contributed by atoms with Crippen molar-refractivity contribution in [1.29, 1.82) is 0 Å². The van der Waals surface area contributed by atoms with Crippen LogP contribution in [0, 0.1) is 0 Å². The quantitative estimate of drug-likeness (QED) is 0.875. The van der Waals surface area contributed by atoms with Crippen molar-refractivity contribution in [3.8, 4) is 0 Å². The lowest BCUT2D eigenvalue weighted by atomic mass is 10.1. The number of hydrogen-bond donors (Lipinski definition) is 1. The number of carbonyl (C=O) groups is 1. The number of urea groups is 1. The van der Waals surface area contributed by atoms with Crippen molar-refractivity contribution in [1.82, 2.24) is 15.2 Å². The molecule has 1 aromatic heterocycles. The second-order valence-corrected chi connectivity index (χ2v) is 6.82. The Kier molecular flexibility index (Phi) is 5.35. The molecule has 0 unspecified atom stereocenters. The molecule has 1 atom stereocenters. The van der Waals surface area contributed by atoms with Gasteiger partial charge in [0, 0.05) is 48.7 Å². The van der Waals surface area contributed by atoms with E-state index in [1.54, 1.807) is 12.4 Å². The van der Waals surface area contributed by atoms with Crippen molar-refractivity contribution in [2.45, 2.75) is 13.0 Å². The summed E-state index contributed by atoms with van der Waals surface area (Å²) in [7, 11) is 0. The highest BCUT2D eigenvalue weighted by atomic mass is 79.9. The highest BCUT2D eigenvalue weighted by molar-refractivity contribution is 9.10. The molecule has 3 rings (SSSR count). The van der Waals surface area contributed by atoms with E-state index in [-0.39, 0.29) is 12.1 Å². The first-order valence-electron chi connectivity index (χ1n) is 8.09. The van der Waals surface area contributed by atoms with Crippen LogP contribution in [0.2, 0.25) is 0 Å². The molecule has 2 heterocycles. The Balaban J connectivity index is 1.52. The maximum Gasteiger partial charge on any atom is 0.317 e. The number of amides is 2. The van der Waals surface area contributed by atoms with Crippen LogP contribution in [0.5, 0.6) is 0 Å². The maximum absolute atomic E-state index is 12.5. The third-order valence-electron chi connectivity index (χ3n) is 4.30. The molecule has 1 aliphatic rings. The number of nitrogens with zero attached hydrogens (tertiary/aromatic N) is 3. The SMILES string of the molecule is C[C@H](NC(=O)N1CCN(c2ccncc2)CC1)c1ccc(Br)cc1. The number of carbonyl (C=O) groups excluding carboxylic acids is 1. The predicted octanol–water partition coefficient (Wildman–Crippen LogP) is 3.44. The summed E-state index contributed by atoms with van der Waals surface area (Å²) < 4.78 is 1.04. The van der Waals surface area contributed by atoms with Crippen molar-refractivity contribution < 1.29 is 4.79 Å². The molecule has 1 aromatic carbocycles. The summed E-state index contributed by atoms with van der Waals surface area (Å²) in [6, 6.07) is 12.0. The molecule has 1 aliphatic heterocycles. The molecular formula is C18H21BrN4O. The lowest BCUT2D eigenvalue weighted by molar-refractivity contribution is 0.191. The first kappa shape index (κ1) is 16.8. The third kappa shape index (κ3) is 4.06. The van der Waals surface area contributed by atoms with Gasteiger partial charge >= 0.3 is 6.03 Å². The van der Waals surface area contributed by atoms with Crippen LogP contribution in [-0.4, -0.2) is 42.1 Å². The highest BCUT2D eigenvalue weighted by Crippen LogP contribution is 2.18. The first-order chi connectivity index (χ1) is 11.6. The van der Waals surface area contributed by atoms with Crippen LogP contribution in [0.15, 0.2) is 53.3 Å². The molecule has 0 bridgehead atoms. The van der Waals surface area contributed by atoms with E-state index in [0.717, 1.165) is 41.9 Å². The zero-order valence-corrected chi connectivity index (χ0v) is 15.2. The van der Waals surface area contributed by atoms with Crippen molar-refractivity contribution in [2.75, 3.05) is 31.1 Å². The maximum atomic E-state index is 12.5. The molecule has 0 aliphatic carbocycles. The fourth-order valence-corrected chi connectivity index (χ4v) is 3.10. The Morgan fingerprint density at radius 3 is 2.33 bits per heavy atom. The van der Waals surface area contributed by atoms with Crippen molar-refractivity contribution >= 4 is 27.6 Å². The van der Waals surface area contributed by atoms with E-state index < -0.39 is 0 Å². The van der Waals surface area contributed by atoms with Crippen LogP contribution in [0.3, 0.4) is 0 Å². The number of pyridine rings is 1. The van der Waals surface area contributed by atoms with Gasteiger partial charge in [-0.25, -0.2) is 4.79 Å². The van der Waals surface area contributed by atoms with E-state index >= 15 is 0 Å². The highest BCUT2D eigenvalue weighted by Gasteiger charge is 2.22. The Labute approximate surface area is 150 Å². The summed E-state index contributed by atoms with van der Waals surface area (Å²) >= 11 is 3.43. The number of piperazine rings is 1. The molecule has 2 amide bonds. The summed E-state index contributed by atoms with van der Waals surface area (Å²) in [5.74, 6) is 0. The van der Waals surface area contributed by atoms with E-state index in [1.807, 2.05) is 48.2 Å². The average molecular weight is 389 g/mol. The van der Waals surface area contributed by atoms with Gasteiger partial charge < -0.3 is 15.1 Å². The Hall–Kier alpha value is -2.08. The fraction of sp³-hybridized carbons (Fsp3) is 0.333. The van der Waals surface area contributed by atoms with Gasteiger partial charge in [-0.3, -0.25) is 4.98 Å². The van der Waals surface area contributed by atoms with Crippen LogP contribution in [0.1, 0.15) is 18.5 Å². The monoisotopic (exact) mass is 388 g/mol. The smallest absolute Gasteiger partial charge is 0.317 e. The van der Waals surface area contributed by atoms with E-state index in [4.69, 9.17) is 0 Å². The fourth-order valence-electron chi connectivity index (χ4n) is 2.83. The molecule has 5 nitrogen and oxygen atoms in total. The van der Waals surface area contributed by atoms with E-state index in [2.05, 4.69) is 31.1 Å². The Morgan fingerprint density at radius 1 is 1.08 bits per heavy atom. The molecule has 126 valence electrons. The van der Waals surface area contributed by atoms with Crippen LogP contribution >= 0.6 is 15.9 Å². The summed E-state index contributed by atoms with van der Waals surface area (Å²) in [5, 5.41) is 3.08. The number of aromatic nitrogens is 1. The normalized spacial score (nSPS) is 15.9. The number of benzene rings is 1. The van der Waals surface area contributed by atoms with Crippen LogP contribution in [-0.2, 0) is 0 Å². The van der Waals surface area contributed by atoms with E-state index in [1.165, 1.54) is 0 Å². The molecule has 6 heteroatoms. The molecular weight excluding hydrogens is 368 g/mol. The zero-order valence-electron chi connectivity index (χ0n) is 13.7. The Morgan fingerprint density at radius 2 is 1.71 bits per heavy atom. The number of anilines is 1. The van der Waals surface area contributed by atoms with Crippen molar-refractivity contribution in [3.05, 3.63) is 58.8 Å². The summed E-state index contributed by atoms with van der Waals surface area (Å²) in [5.41, 5.74) is 2.26. The Bertz CT molecular complexity index is 669. The average Bonchev–Trinajstić information content (AvgIpc) is 2.63. The van der Waals surface area contributed by atoms with E-state index in [0.29, 0.717) is 0 Å². The molecule has 24 heavy (non-hydrogen) atoms. The lowest BCUT2D eigenvalue weighted by Crippen LogP contribution is -2.52. The molecule has 0 spiro atoms. The minimum absolute atomic E-state index is 0.000188. The topological polar surface area (TPSA) is 48.5 Å². The predicted molar refractivity (Wildman–Crippen MR) is 99.1 cm³/mol. The second kappa shape index (κ2) is 7.66. The van der Waals surface area contributed by atoms with Gasteiger partial charge in [0.25, 0.3) is 0 Å². The van der Waals surface area contributed by atoms with Crippen LogP contribution < -0.4 is 10.2 Å². The molecule has 0 saturated carbocycles. The van der Waals surface area contributed by atoms with Crippen molar-refractivity contribution in [3.63, 3.8) is 0 Å².